The van der Waals surface area contributed by atoms with Crippen molar-refractivity contribution >= 4 is 70.2 Å². The van der Waals surface area contributed by atoms with Crippen LogP contribution in [0.25, 0.3) is 46.4 Å². The van der Waals surface area contributed by atoms with Crippen molar-refractivity contribution in [1.82, 2.24) is 19.9 Å². The number of H-pyrrole nitrogens is 2. The van der Waals surface area contributed by atoms with Crippen molar-refractivity contribution in [2.45, 2.75) is 220 Å². The molecule has 442 valence electrons. The average Bonchev–Trinajstić information content (AvgIpc) is 4.20. The van der Waals surface area contributed by atoms with E-state index in [-0.39, 0.29) is 47.5 Å². The van der Waals surface area contributed by atoms with Crippen molar-refractivity contribution in [2.75, 3.05) is 26.4 Å². The third-order valence-corrected chi connectivity index (χ3v) is 21.0. The van der Waals surface area contributed by atoms with Gasteiger partial charge in [0.05, 0.1) is 72.9 Å². The molecule has 4 aliphatic carbocycles. The summed E-state index contributed by atoms with van der Waals surface area (Å²) in [6.45, 7) is 18.9. The standard InChI is InChI=1S/C70H94N4O8/c1-67(2)55-51-43-31-32-44(71-43)52(56-60(68(56,3)4)64(76)80-40-28-24-20-16-12-9-11-15-19-23-27-39-79-63(75)59(55)67)49-37-38-50(74-49)54-46-34-33-45(72-46)53(48-36-35-47(51)73-48)57-61(69(57,5)6)65(77)81-41-29-25-21-17-13-10-14-18-22-26-30-42-82-66(78)62-58(54)70(62,7)8/h31-38,55-62,73-74H,9-30,39-42H2,1-8H3/t55?,56?,57?,58?,59-,60-,61-,62-/m0/s1. The maximum Gasteiger partial charge on any atom is 0.310 e. The van der Waals surface area contributed by atoms with Crippen LogP contribution in [0.1, 0.15) is 265 Å². The monoisotopic (exact) mass is 1120 g/mol. The molecule has 0 radical (unpaired) electrons. The van der Waals surface area contributed by atoms with Crippen LogP contribution in [-0.4, -0.2) is 70.2 Å². The second-order valence-electron chi connectivity index (χ2n) is 28.2. The van der Waals surface area contributed by atoms with Crippen molar-refractivity contribution in [3.8, 4) is 0 Å². The molecule has 11 rings (SSSR count). The van der Waals surface area contributed by atoms with Gasteiger partial charge in [-0.25, -0.2) is 9.97 Å². The smallest absolute Gasteiger partial charge is 0.310 e. The topological polar surface area (TPSA) is 163 Å². The van der Waals surface area contributed by atoms with E-state index in [1.54, 1.807) is 0 Å². The fourth-order valence-electron chi connectivity index (χ4n) is 15.7. The maximum atomic E-state index is 14.4. The van der Waals surface area contributed by atoms with Gasteiger partial charge in [0.1, 0.15) is 0 Å². The Labute approximate surface area is 487 Å². The molecule has 8 aliphatic rings. The van der Waals surface area contributed by atoms with E-state index in [2.05, 4.69) is 114 Å². The highest BCUT2D eigenvalue weighted by Crippen LogP contribution is 2.70. The maximum absolute atomic E-state index is 14.4. The Morgan fingerprint density at radius 1 is 0.305 bits per heavy atom. The normalized spacial score (nSPS) is 30.0. The zero-order chi connectivity index (χ0) is 57.6. The van der Waals surface area contributed by atoms with Gasteiger partial charge in [-0.15, -0.1) is 0 Å². The Morgan fingerprint density at radius 3 is 0.683 bits per heavy atom. The highest BCUT2D eigenvalue weighted by atomic mass is 16.5. The van der Waals surface area contributed by atoms with E-state index in [0.717, 1.165) is 144 Å². The minimum Gasteiger partial charge on any atom is -0.465 e. The van der Waals surface area contributed by atoms with Crippen LogP contribution in [0.3, 0.4) is 0 Å². The molecule has 7 heterocycles. The summed E-state index contributed by atoms with van der Waals surface area (Å²) in [6, 6.07) is 8.45. The molecule has 3 aromatic heterocycles. The van der Waals surface area contributed by atoms with Gasteiger partial charge in [-0.05, 0) is 95.9 Å². The molecule has 82 heavy (non-hydrogen) atoms. The lowest BCUT2D eigenvalue weighted by atomic mass is 10.0. The van der Waals surface area contributed by atoms with Crippen LogP contribution in [-0.2, 0) is 38.1 Å². The number of hydrogen-bond donors (Lipinski definition) is 2. The number of rotatable bonds is 0. The van der Waals surface area contributed by atoms with Crippen molar-refractivity contribution in [1.29, 1.82) is 0 Å². The van der Waals surface area contributed by atoms with Crippen LogP contribution < -0.4 is 0 Å². The molecule has 0 amide bonds. The lowest BCUT2D eigenvalue weighted by Crippen LogP contribution is -2.11. The van der Waals surface area contributed by atoms with E-state index in [0.29, 0.717) is 26.4 Å². The van der Waals surface area contributed by atoms with Crippen molar-refractivity contribution in [3.63, 3.8) is 0 Å². The molecular weight excluding hydrogens is 1020 g/mol. The first-order chi connectivity index (χ1) is 39.5. The van der Waals surface area contributed by atoms with Crippen LogP contribution >= 0.6 is 0 Å². The Morgan fingerprint density at radius 2 is 0.488 bits per heavy atom. The number of aromatic nitrogens is 4. The molecule has 0 aromatic carbocycles. The Hall–Kier alpha value is -5.52. The number of aromatic amines is 2. The highest BCUT2D eigenvalue weighted by Gasteiger charge is 2.68. The summed E-state index contributed by atoms with van der Waals surface area (Å²) in [5, 5.41) is 0. The largest absolute Gasteiger partial charge is 0.465 e. The minimum atomic E-state index is -0.446. The summed E-state index contributed by atoms with van der Waals surface area (Å²) in [5.41, 5.74) is 8.30. The third kappa shape index (κ3) is 11.6. The first-order valence-corrected chi connectivity index (χ1v) is 32.3. The van der Waals surface area contributed by atoms with Gasteiger partial charge < -0.3 is 28.9 Å². The van der Waals surface area contributed by atoms with E-state index in [1.165, 1.54) is 64.2 Å². The second kappa shape index (κ2) is 23.9. The molecule has 12 nitrogen and oxygen atoms in total. The zero-order valence-corrected chi connectivity index (χ0v) is 50.8. The molecule has 4 saturated carbocycles. The van der Waals surface area contributed by atoms with Gasteiger partial charge in [-0.3, -0.25) is 19.2 Å². The van der Waals surface area contributed by atoms with E-state index in [4.69, 9.17) is 28.9 Å². The first-order valence-electron chi connectivity index (χ1n) is 32.3. The summed E-state index contributed by atoms with van der Waals surface area (Å²) in [5.74, 6) is -3.20. The molecule has 0 saturated heterocycles. The van der Waals surface area contributed by atoms with Gasteiger partial charge in [0.15, 0.2) is 0 Å². The van der Waals surface area contributed by atoms with Gasteiger partial charge in [-0.1, -0.05) is 171 Å². The summed E-state index contributed by atoms with van der Waals surface area (Å²) in [7, 11) is 0. The number of carbonyl (C=O) groups is 4. The molecule has 4 fully saturated rings. The Bertz CT molecular complexity index is 2730. The van der Waals surface area contributed by atoms with Crippen molar-refractivity contribution in [3.05, 3.63) is 69.3 Å². The van der Waals surface area contributed by atoms with E-state index >= 15 is 0 Å². The van der Waals surface area contributed by atoms with E-state index < -0.39 is 45.3 Å². The van der Waals surface area contributed by atoms with Crippen LogP contribution in [0, 0.1) is 45.3 Å². The number of ether oxygens (including phenoxy) is 4. The lowest BCUT2D eigenvalue weighted by Gasteiger charge is -2.08. The second-order valence-corrected chi connectivity index (χ2v) is 28.2. The molecule has 0 spiro atoms. The molecule has 3 aromatic rings. The number of nitrogens with zero attached hydrogens (tertiary/aromatic N) is 2. The van der Waals surface area contributed by atoms with Crippen LogP contribution in [0.5, 0.6) is 0 Å². The minimum absolute atomic E-state index is 0.176. The van der Waals surface area contributed by atoms with Gasteiger partial charge in [0.25, 0.3) is 0 Å². The van der Waals surface area contributed by atoms with E-state index in [9.17, 15) is 19.2 Å². The first kappa shape index (κ1) is 58.3. The van der Waals surface area contributed by atoms with Crippen LogP contribution in [0.2, 0.25) is 0 Å². The van der Waals surface area contributed by atoms with Gasteiger partial charge in [0, 0.05) is 68.0 Å². The van der Waals surface area contributed by atoms with Crippen LogP contribution in [0.4, 0.5) is 0 Å². The fraction of sp³-hybridized carbons (Fsp3) is 0.657. The Balaban J connectivity index is 1.10. The number of fused-ring (bicyclic) bond motifs is 16. The fourth-order valence-corrected chi connectivity index (χ4v) is 15.7. The molecule has 12 heteroatoms. The molecule has 8 atom stereocenters. The average molecular weight is 1120 g/mol. The summed E-state index contributed by atoms with van der Waals surface area (Å²) >= 11 is 0. The zero-order valence-electron chi connectivity index (χ0n) is 50.8. The van der Waals surface area contributed by atoms with Gasteiger partial charge in [0.2, 0.25) is 0 Å². The van der Waals surface area contributed by atoms with Crippen molar-refractivity contribution in [2.24, 2.45) is 45.3 Å². The number of esters is 4. The molecular formula is C70H94N4O8. The summed E-state index contributed by atoms with van der Waals surface area (Å²) in [4.78, 5) is 76.7. The predicted molar refractivity (Wildman–Crippen MR) is 324 cm³/mol. The molecule has 4 unspecified atom stereocenters. The lowest BCUT2D eigenvalue weighted by molar-refractivity contribution is -0.147. The Kier molecular flexibility index (Phi) is 17.0. The molecule has 12 bridgehead atoms. The van der Waals surface area contributed by atoms with Gasteiger partial charge in [-0.2, -0.15) is 0 Å². The summed E-state index contributed by atoms with van der Waals surface area (Å²) in [6.07, 6.45) is 32.5. The highest BCUT2D eigenvalue weighted by molar-refractivity contribution is 5.91. The molecule has 4 aliphatic heterocycles. The van der Waals surface area contributed by atoms with Crippen molar-refractivity contribution < 1.29 is 38.1 Å². The van der Waals surface area contributed by atoms with Gasteiger partial charge >= 0.3 is 23.9 Å². The predicted octanol–water partition coefficient (Wildman–Crippen LogP) is 16.4. The summed E-state index contributed by atoms with van der Waals surface area (Å²) < 4.78 is 24.7. The quantitative estimate of drug-likeness (QED) is 0.113. The number of cyclic esters (lactones) is 4. The number of hydrogen-bond acceptors (Lipinski definition) is 10. The van der Waals surface area contributed by atoms with Crippen LogP contribution in [0.15, 0.2) is 24.3 Å². The van der Waals surface area contributed by atoms with E-state index in [1.807, 2.05) is 0 Å². The third-order valence-electron chi connectivity index (χ3n) is 21.0. The SMILES string of the molecule is CC1(C)C2c3c4nc(c(c5ccc([nH]5)c5c6nc(c(c7ccc3[nH]7)C3[C@@H](C(=O)OCCCCCCCCCCCCCOC(=O)[C@@H]7C5C7(C)C)C3(C)C)C=C6)C3[C@@H](C(=O)OCCCCCCCCCCCCCOC(=O)[C@H]21)C3(C)C)C=C4. The molecule has 2 N–H and O–H groups in total. The number of carbonyl (C=O) groups excluding carboxylic acids is 4. The number of nitrogens with one attached hydrogen (secondary N) is 2.